The molecule has 0 amide bonds. The Hall–Kier alpha value is -1.02. The van der Waals surface area contributed by atoms with Crippen LogP contribution >= 0.6 is 0 Å². The smallest absolute Gasteiger partial charge is 0.115 e. The summed E-state index contributed by atoms with van der Waals surface area (Å²) in [4.78, 5) is 2.58. The van der Waals surface area contributed by atoms with Gasteiger partial charge in [-0.05, 0) is 50.4 Å². The number of likely N-dealkylation sites (tertiary alicyclic amines) is 1. The standard InChI is InChI=1S/C14H21NO/c1-12-4-2-3-10-15(12)11-9-13-5-7-14(16)8-6-13/h5-8,12,16H,2-4,9-11H2,1H3. The van der Waals surface area contributed by atoms with E-state index in [2.05, 4.69) is 11.8 Å². The summed E-state index contributed by atoms with van der Waals surface area (Å²) in [5.41, 5.74) is 1.32. The number of rotatable bonds is 3. The highest BCUT2D eigenvalue weighted by molar-refractivity contribution is 5.26. The largest absolute Gasteiger partial charge is 0.508 e. The molecule has 0 spiro atoms. The molecule has 1 saturated heterocycles. The summed E-state index contributed by atoms with van der Waals surface area (Å²) < 4.78 is 0. The quantitative estimate of drug-likeness (QED) is 0.845. The molecule has 1 aliphatic heterocycles. The summed E-state index contributed by atoms with van der Waals surface area (Å²) in [6.07, 6.45) is 5.16. The molecule has 2 heteroatoms. The molecule has 0 aromatic heterocycles. The number of piperidine rings is 1. The molecule has 2 nitrogen and oxygen atoms in total. The van der Waals surface area contributed by atoms with Crippen molar-refractivity contribution < 1.29 is 5.11 Å². The fourth-order valence-corrected chi connectivity index (χ4v) is 2.43. The van der Waals surface area contributed by atoms with Gasteiger partial charge in [-0.25, -0.2) is 0 Å². The van der Waals surface area contributed by atoms with Gasteiger partial charge < -0.3 is 10.0 Å². The molecule has 1 aliphatic rings. The van der Waals surface area contributed by atoms with Crippen molar-refractivity contribution in [2.45, 2.75) is 38.6 Å². The molecular formula is C14H21NO. The summed E-state index contributed by atoms with van der Waals surface area (Å²) in [5.74, 6) is 0.357. The van der Waals surface area contributed by atoms with Crippen LogP contribution in [0.25, 0.3) is 0 Å². The second kappa shape index (κ2) is 5.35. The first-order chi connectivity index (χ1) is 7.75. The van der Waals surface area contributed by atoms with Gasteiger partial charge >= 0.3 is 0 Å². The Kier molecular flexibility index (Phi) is 3.83. The van der Waals surface area contributed by atoms with E-state index in [1.54, 1.807) is 12.1 Å². The third kappa shape index (κ3) is 2.99. The van der Waals surface area contributed by atoms with Gasteiger partial charge in [0.05, 0.1) is 0 Å². The lowest BCUT2D eigenvalue weighted by molar-refractivity contribution is 0.163. The van der Waals surface area contributed by atoms with Gasteiger partial charge in [0.1, 0.15) is 5.75 Å². The molecule has 1 fully saturated rings. The summed E-state index contributed by atoms with van der Waals surface area (Å²) in [6.45, 7) is 4.72. The molecule has 16 heavy (non-hydrogen) atoms. The molecule has 1 heterocycles. The maximum absolute atomic E-state index is 9.21. The highest BCUT2D eigenvalue weighted by atomic mass is 16.3. The minimum Gasteiger partial charge on any atom is -0.508 e. The zero-order valence-corrected chi connectivity index (χ0v) is 10.0. The van der Waals surface area contributed by atoms with Crippen LogP contribution in [0.1, 0.15) is 31.7 Å². The van der Waals surface area contributed by atoms with E-state index in [0.717, 1.165) is 19.0 Å². The van der Waals surface area contributed by atoms with Crippen molar-refractivity contribution in [2.24, 2.45) is 0 Å². The molecule has 1 unspecified atom stereocenters. The predicted octanol–water partition coefficient (Wildman–Crippen LogP) is 2.81. The topological polar surface area (TPSA) is 23.5 Å². The molecule has 1 aromatic carbocycles. The SMILES string of the molecule is CC1CCCCN1CCc1ccc(O)cc1. The minimum atomic E-state index is 0.357. The van der Waals surface area contributed by atoms with Crippen molar-refractivity contribution in [2.75, 3.05) is 13.1 Å². The van der Waals surface area contributed by atoms with Crippen LogP contribution < -0.4 is 0 Å². The fraction of sp³-hybridized carbons (Fsp3) is 0.571. The van der Waals surface area contributed by atoms with Crippen molar-refractivity contribution in [1.29, 1.82) is 0 Å². The monoisotopic (exact) mass is 219 g/mol. The van der Waals surface area contributed by atoms with Crippen molar-refractivity contribution >= 4 is 0 Å². The van der Waals surface area contributed by atoms with Crippen molar-refractivity contribution in [3.8, 4) is 5.75 Å². The lowest BCUT2D eigenvalue weighted by Gasteiger charge is -2.33. The van der Waals surface area contributed by atoms with E-state index in [1.165, 1.54) is 31.4 Å². The molecule has 1 atom stereocenters. The number of hydrogen-bond donors (Lipinski definition) is 1. The van der Waals surface area contributed by atoms with E-state index in [9.17, 15) is 5.11 Å². The Bertz CT molecular complexity index is 320. The molecule has 0 bridgehead atoms. The van der Waals surface area contributed by atoms with Gasteiger partial charge in [-0.2, -0.15) is 0 Å². The van der Waals surface area contributed by atoms with E-state index in [1.807, 2.05) is 12.1 Å². The number of aromatic hydroxyl groups is 1. The highest BCUT2D eigenvalue weighted by Gasteiger charge is 2.17. The highest BCUT2D eigenvalue weighted by Crippen LogP contribution is 2.17. The fourth-order valence-electron chi connectivity index (χ4n) is 2.43. The number of phenolic OH excluding ortho intramolecular Hbond substituents is 1. The summed E-state index contributed by atoms with van der Waals surface area (Å²) in [6, 6.07) is 8.32. The molecule has 2 rings (SSSR count). The van der Waals surface area contributed by atoms with Gasteiger partial charge in [-0.15, -0.1) is 0 Å². The minimum absolute atomic E-state index is 0.357. The van der Waals surface area contributed by atoms with Crippen molar-refractivity contribution in [3.63, 3.8) is 0 Å². The Morgan fingerprint density at radius 3 is 2.69 bits per heavy atom. The summed E-state index contributed by atoms with van der Waals surface area (Å²) in [5, 5.41) is 9.21. The second-order valence-corrected chi connectivity index (χ2v) is 4.80. The van der Waals surface area contributed by atoms with Gasteiger partial charge in [-0.3, -0.25) is 0 Å². The zero-order chi connectivity index (χ0) is 11.4. The van der Waals surface area contributed by atoms with Gasteiger partial charge in [0.2, 0.25) is 0 Å². The van der Waals surface area contributed by atoms with Crippen LogP contribution in [-0.4, -0.2) is 29.1 Å². The molecule has 88 valence electrons. The Labute approximate surface area is 97.9 Å². The van der Waals surface area contributed by atoms with Gasteiger partial charge in [0.25, 0.3) is 0 Å². The van der Waals surface area contributed by atoms with Crippen LogP contribution in [-0.2, 0) is 6.42 Å². The van der Waals surface area contributed by atoms with E-state index in [4.69, 9.17) is 0 Å². The van der Waals surface area contributed by atoms with Crippen molar-refractivity contribution in [1.82, 2.24) is 4.90 Å². The molecule has 0 saturated carbocycles. The predicted molar refractivity (Wildman–Crippen MR) is 66.7 cm³/mol. The van der Waals surface area contributed by atoms with Crippen LogP contribution in [0.3, 0.4) is 0 Å². The average Bonchev–Trinajstić information content (AvgIpc) is 2.30. The number of nitrogens with zero attached hydrogens (tertiary/aromatic N) is 1. The third-order valence-electron chi connectivity index (χ3n) is 3.56. The normalized spacial score (nSPS) is 22.2. The third-order valence-corrected chi connectivity index (χ3v) is 3.56. The number of hydrogen-bond acceptors (Lipinski definition) is 2. The Morgan fingerprint density at radius 1 is 1.25 bits per heavy atom. The van der Waals surface area contributed by atoms with Crippen LogP contribution in [0, 0.1) is 0 Å². The summed E-state index contributed by atoms with van der Waals surface area (Å²) >= 11 is 0. The van der Waals surface area contributed by atoms with E-state index < -0.39 is 0 Å². The molecular weight excluding hydrogens is 198 g/mol. The van der Waals surface area contributed by atoms with E-state index >= 15 is 0 Å². The lowest BCUT2D eigenvalue weighted by atomic mass is 10.0. The first-order valence-electron chi connectivity index (χ1n) is 6.27. The van der Waals surface area contributed by atoms with Crippen molar-refractivity contribution in [3.05, 3.63) is 29.8 Å². The molecule has 0 aliphatic carbocycles. The lowest BCUT2D eigenvalue weighted by Crippen LogP contribution is -2.38. The molecule has 0 radical (unpaired) electrons. The molecule has 1 aromatic rings. The van der Waals surface area contributed by atoms with Crippen LogP contribution in [0.2, 0.25) is 0 Å². The Balaban J connectivity index is 1.84. The van der Waals surface area contributed by atoms with Crippen LogP contribution in [0.15, 0.2) is 24.3 Å². The maximum atomic E-state index is 9.21. The van der Waals surface area contributed by atoms with Gasteiger partial charge in [0.15, 0.2) is 0 Å². The van der Waals surface area contributed by atoms with Gasteiger partial charge in [0, 0.05) is 12.6 Å². The maximum Gasteiger partial charge on any atom is 0.115 e. The van der Waals surface area contributed by atoms with Gasteiger partial charge in [-0.1, -0.05) is 18.6 Å². The first kappa shape index (κ1) is 11.5. The van der Waals surface area contributed by atoms with E-state index in [0.29, 0.717) is 5.75 Å². The number of benzene rings is 1. The zero-order valence-electron chi connectivity index (χ0n) is 10.0. The molecule has 1 N–H and O–H groups in total. The van der Waals surface area contributed by atoms with E-state index in [-0.39, 0.29) is 0 Å². The first-order valence-corrected chi connectivity index (χ1v) is 6.27. The second-order valence-electron chi connectivity index (χ2n) is 4.80. The van der Waals surface area contributed by atoms with Crippen LogP contribution in [0.5, 0.6) is 5.75 Å². The summed E-state index contributed by atoms with van der Waals surface area (Å²) in [7, 11) is 0. The number of phenols is 1. The average molecular weight is 219 g/mol. The Morgan fingerprint density at radius 2 is 2.00 bits per heavy atom. The van der Waals surface area contributed by atoms with Crippen LogP contribution in [0.4, 0.5) is 0 Å².